The summed E-state index contributed by atoms with van der Waals surface area (Å²) in [7, 11) is 0. The first-order chi connectivity index (χ1) is 8.31. The summed E-state index contributed by atoms with van der Waals surface area (Å²) in [5.41, 5.74) is 0. The molecule has 0 rings (SSSR count). The van der Waals surface area contributed by atoms with Gasteiger partial charge in [0.05, 0.1) is 0 Å². The van der Waals surface area contributed by atoms with E-state index < -0.39 is 0 Å². The topological polar surface area (TPSA) is 18.5 Å². The average Bonchev–Trinajstić information content (AvgIpc) is 2.34. The van der Waals surface area contributed by atoms with Gasteiger partial charge in [-0.25, -0.2) is 0 Å². The molecule has 0 aromatic rings. The van der Waals surface area contributed by atoms with Crippen molar-refractivity contribution in [3.8, 4) is 0 Å². The maximum absolute atomic E-state index is 5.57. The summed E-state index contributed by atoms with van der Waals surface area (Å²) < 4.78 is 11.0. The zero-order valence-electron chi connectivity index (χ0n) is 12.2. The zero-order chi connectivity index (χ0) is 12.8. The molecule has 2 heteroatoms. The molecule has 0 aliphatic rings. The van der Waals surface area contributed by atoms with Gasteiger partial charge in [-0.15, -0.1) is 0 Å². The van der Waals surface area contributed by atoms with Crippen LogP contribution in [0.1, 0.15) is 78.6 Å². The molecule has 17 heavy (non-hydrogen) atoms. The van der Waals surface area contributed by atoms with E-state index in [2.05, 4.69) is 13.8 Å². The van der Waals surface area contributed by atoms with Crippen LogP contribution >= 0.6 is 0 Å². The Morgan fingerprint density at radius 3 is 1.76 bits per heavy atom. The van der Waals surface area contributed by atoms with Gasteiger partial charge in [0.25, 0.3) is 0 Å². The maximum atomic E-state index is 5.57. The molecule has 0 heterocycles. The number of unbranched alkanes of at least 4 members (excludes halogenated alkanes) is 7. The number of hydrogen-bond donors (Lipinski definition) is 0. The van der Waals surface area contributed by atoms with E-state index in [9.17, 15) is 0 Å². The Labute approximate surface area is 108 Å². The van der Waals surface area contributed by atoms with E-state index in [1.165, 1.54) is 51.4 Å². The fourth-order valence-corrected chi connectivity index (χ4v) is 1.82. The summed E-state index contributed by atoms with van der Waals surface area (Å²) in [6, 6.07) is 0. The Hall–Kier alpha value is -0.0800. The van der Waals surface area contributed by atoms with Crippen LogP contribution in [0.15, 0.2) is 0 Å². The normalized spacial score (nSPS) is 12.9. The minimum Gasteiger partial charge on any atom is -0.353 e. The Bertz CT molecular complexity index is 137. The summed E-state index contributed by atoms with van der Waals surface area (Å²) in [5, 5.41) is 0. The molecular formula is C15H32O2. The van der Waals surface area contributed by atoms with E-state index in [0.29, 0.717) is 0 Å². The third-order valence-corrected chi connectivity index (χ3v) is 2.91. The van der Waals surface area contributed by atoms with E-state index in [0.717, 1.165) is 19.6 Å². The molecule has 0 aliphatic carbocycles. The lowest BCUT2D eigenvalue weighted by Crippen LogP contribution is -2.14. The Morgan fingerprint density at radius 2 is 1.18 bits per heavy atom. The smallest absolute Gasteiger partial charge is 0.154 e. The molecule has 0 saturated carbocycles. The highest BCUT2D eigenvalue weighted by Crippen LogP contribution is 2.08. The van der Waals surface area contributed by atoms with Gasteiger partial charge in [0.1, 0.15) is 0 Å². The summed E-state index contributed by atoms with van der Waals surface area (Å²) >= 11 is 0. The van der Waals surface area contributed by atoms with Gasteiger partial charge in [-0.2, -0.15) is 0 Å². The van der Waals surface area contributed by atoms with Crippen LogP contribution in [0, 0.1) is 0 Å². The van der Waals surface area contributed by atoms with Crippen molar-refractivity contribution in [2.24, 2.45) is 0 Å². The second kappa shape index (κ2) is 14.0. The highest BCUT2D eigenvalue weighted by atomic mass is 16.7. The average molecular weight is 244 g/mol. The van der Waals surface area contributed by atoms with Crippen molar-refractivity contribution in [1.29, 1.82) is 0 Å². The SMILES string of the molecule is CCCCCCCCCCOC(C)OCCC. The number of rotatable bonds is 13. The van der Waals surface area contributed by atoms with Crippen molar-refractivity contribution in [3.63, 3.8) is 0 Å². The predicted octanol–water partition coefficient (Wildman–Crippen LogP) is 4.92. The van der Waals surface area contributed by atoms with Crippen molar-refractivity contribution in [3.05, 3.63) is 0 Å². The predicted molar refractivity (Wildman–Crippen MR) is 74.3 cm³/mol. The quantitative estimate of drug-likeness (QED) is 0.338. The van der Waals surface area contributed by atoms with Crippen molar-refractivity contribution in [2.75, 3.05) is 13.2 Å². The Morgan fingerprint density at radius 1 is 0.647 bits per heavy atom. The summed E-state index contributed by atoms with van der Waals surface area (Å²) in [6.45, 7) is 8.02. The molecule has 2 nitrogen and oxygen atoms in total. The number of ether oxygens (including phenoxy) is 2. The lowest BCUT2D eigenvalue weighted by atomic mass is 10.1. The Kier molecular flexibility index (Phi) is 13.9. The molecule has 0 spiro atoms. The molecule has 0 bridgehead atoms. The molecular weight excluding hydrogens is 212 g/mol. The maximum Gasteiger partial charge on any atom is 0.154 e. The van der Waals surface area contributed by atoms with Gasteiger partial charge in [-0.05, 0) is 19.8 Å². The molecule has 0 radical (unpaired) electrons. The van der Waals surface area contributed by atoms with E-state index in [-0.39, 0.29) is 6.29 Å². The van der Waals surface area contributed by atoms with Crippen LogP contribution in [-0.2, 0) is 9.47 Å². The third-order valence-electron chi connectivity index (χ3n) is 2.91. The van der Waals surface area contributed by atoms with Crippen LogP contribution in [0.4, 0.5) is 0 Å². The standard InChI is InChI=1S/C15H32O2/c1-4-6-7-8-9-10-11-12-14-17-15(3)16-13-5-2/h15H,4-14H2,1-3H3. The van der Waals surface area contributed by atoms with Crippen LogP contribution in [0.5, 0.6) is 0 Å². The van der Waals surface area contributed by atoms with Gasteiger partial charge in [0, 0.05) is 13.2 Å². The van der Waals surface area contributed by atoms with E-state index in [4.69, 9.17) is 9.47 Å². The van der Waals surface area contributed by atoms with Gasteiger partial charge < -0.3 is 9.47 Å². The lowest BCUT2D eigenvalue weighted by molar-refractivity contribution is -0.130. The van der Waals surface area contributed by atoms with Gasteiger partial charge in [-0.1, -0.05) is 58.8 Å². The van der Waals surface area contributed by atoms with Gasteiger partial charge in [-0.3, -0.25) is 0 Å². The van der Waals surface area contributed by atoms with Crippen molar-refractivity contribution < 1.29 is 9.47 Å². The van der Waals surface area contributed by atoms with E-state index >= 15 is 0 Å². The minimum absolute atomic E-state index is 0.0282. The largest absolute Gasteiger partial charge is 0.353 e. The van der Waals surface area contributed by atoms with Crippen LogP contribution in [0.2, 0.25) is 0 Å². The molecule has 0 aromatic carbocycles. The fraction of sp³-hybridized carbons (Fsp3) is 1.00. The monoisotopic (exact) mass is 244 g/mol. The molecule has 1 unspecified atom stereocenters. The zero-order valence-corrected chi connectivity index (χ0v) is 12.2. The first kappa shape index (κ1) is 16.9. The molecule has 0 amide bonds. The molecule has 0 saturated heterocycles. The molecule has 0 aliphatic heterocycles. The summed E-state index contributed by atoms with van der Waals surface area (Å²) in [5.74, 6) is 0. The summed E-state index contributed by atoms with van der Waals surface area (Å²) in [4.78, 5) is 0. The van der Waals surface area contributed by atoms with Crippen molar-refractivity contribution >= 4 is 0 Å². The second-order valence-corrected chi connectivity index (χ2v) is 4.78. The van der Waals surface area contributed by atoms with Gasteiger partial charge >= 0.3 is 0 Å². The fourth-order valence-electron chi connectivity index (χ4n) is 1.82. The van der Waals surface area contributed by atoms with Crippen LogP contribution < -0.4 is 0 Å². The van der Waals surface area contributed by atoms with Crippen molar-refractivity contribution in [2.45, 2.75) is 84.8 Å². The van der Waals surface area contributed by atoms with Crippen molar-refractivity contribution in [1.82, 2.24) is 0 Å². The highest BCUT2D eigenvalue weighted by Gasteiger charge is 2.00. The molecule has 0 fully saturated rings. The Balaban J connectivity index is 3.02. The van der Waals surface area contributed by atoms with Crippen LogP contribution in [0.25, 0.3) is 0 Å². The number of hydrogen-bond acceptors (Lipinski definition) is 2. The first-order valence-electron chi connectivity index (χ1n) is 7.54. The van der Waals surface area contributed by atoms with Crippen LogP contribution in [0.3, 0.4) is 0 Å². The van der Waals surface area contributed by atoms with Gasteiger partial charge in [0.15, 0.2) is 6.29 Å². The van der Waals surface area contributed by atoms with Gasteiger partial charge in [0.2, 0.25) is 0 Å². The molecule has 104 valence electrons. The van der Waals surface area contributed by atoms with Crippen LogP contribution in [-0.4, -0.2) is 19.5 Å². The lowest BCUT2D eigenvalue weighted by Gasteiger charge is -2.13. The molecule has 0 aromatic heterocycles. The minimum atomic E-state index is -0.0282. The molecule has 1 atom stereocenters. The van der Waals surface area contributed by atoms with E-state index in [1.54, 1.807) is 0 Å². The molecule has 0 N–H and O–H groups in total. The van der Waals surface area contributed by atoms with E-state index in [1.807, 2.05) is 6.92 Å². The third kappa shape index (κ3) is 13.9. The summed E-state index contributed by atoms with van der Waals surface area (Å²) in [6.07, 6.45) is 11.8. The first-order valence-corrected chi connectivity index (χ1v) is 7.54. The second-order valence-electron chi connectivity index (χ2n) is 4.78. The highest BCUT2D eigenvalue weighted by molar-refractivity contribution is 4.46.